The van der Waals surface area contributed by atoms with Gasteiger partial charge in [-0.3, -0.25) is 19.7 Å². The van der Waals surface area contributed by atoms with E-state index in [1.165, 1.54) is 24.3 Å². The molecule has 2 aromatic rings. The molecule has 0 saturated carbocycles. The number of hydrogen-bond acceptors (Lipinski definition) is 4. The summed E-state index contributed by atoms with van der Waals surface area (Å²) in [4.78, 5) is 26.9. The van der Waals surface area contributed by atoms with Crippen LogP contribution in [-0.2, 0) is 11.4 Å². The van der Waals surface area contributed by atoms with Crippen LogP contribution in [0, 0.1) is 10.1 Å². The minimum absolute atomic E-state index is 0.138. The standard InChI is InChI=1S/C14H12N2O4/c17-14(12-7-4-8-13(9-12)16(18)19)15-20-10-11-5-2-1-3-6-11/h1-9H,10H2,(H,15,17). The third-order valence-electron chi connectivity index (χ3n) is 2.57. The van der Waals surface area contributed by atoms with Crippen molar-refractivity contribution in [2.45, 2.75) is 6.61 Å². The molecular formula is C14H12N2O4. The van der Waals surface area contributed by atoms with E-state index in [4.69, 9.17) is 4.84 Å². The number of hydroxylamine groups is 1. The first-order valence-corrected chi connectivity index (χ1v) is 5.87. The van der Waals surface area contributed by atoms with Gasteiger partial charge in [0.25, 0.3) is 11.6 Å². The maximum atomic E-state index is 11.8. The fraction of sp³-hybridized carbons (Fsp3) is 0.0714. The molecule has 0 fully saturated rings. The number of nitro benzene ring substituents is 1. The van der Waals surface area contributed by atoms with E-state index in [1.54, 1.807) is 0 Å². The van der Waals surface area contributed by atoms with E-state index < -0.39 is 10.8 Å². The zero-order chi connectivity index (χ0) is 14.4. The largest absolute Gasteiger partial charge is 0.275 e. The summed E-state index contributed by atoms with van der Waals surface area (Å²) in [6.07, 6.45) is 0. The van der Waals surface area contributed by atoms with Gasteiger partial charge in [0.05, 0.1) is 11.5 Å². The minimum atomic E-state index is -0.554. The summed E-state index contributed by atoms with van der Waals surface area (Å²) < 4.78 is 0. The zero-order valence-electron chi connectivity index (χ0n) is 10.5. The average Bonchev–Trinajstić information content (AvgIpc) is 2.48. The Labute approximate surface area is 115 Å². The molecule has 0 heterocycles. The van der Waals surface area contributed by atoms with Gasteiger partial charge < -0.3 is 0 Å². The maximum Gasteiger partial charge on any atom is 0.275 e. The van der Waals surface area contributed by atoms with Crippen LogP contribution in [0.15, 0.2) is 54.6 Å². The zero-order valence-corrected chi connectivity index (χ0v) is 10.5. The van der Waals surface area contributed by atoms with Crippen molar-refractivity contribution in [3.8, 4) is 0 Å². The van der Waals surface area contributed by atoms with Crippen LogP contribution in [-0.4, -0.2) is 10.8 Å². The highest BCUT2D eigenvalue weighted by Gasteiger charge is 2.11. The van der Waals surface area contributed by atoms with Gasteiger partial charge in [-0.05, 0) is 11.6 Å². The van der Waals surface area contributed by atoms with Gasteiger partial charge in [0.15, 0.2) is 0 Å². The Morgan fingerprint density at radius 3 is 2.60 bits per heavy atom. The van der Waals surface area contributed by atoms with E-state index >= 15 is 0 Å². The van der Waals surface area contributed by atoms with Gasteiger partial charge in [-0.15, -0.1) is 0 Å². The Bertz CT molecular complexity index is 614. The molecule has 0 atom stereocenters. The van der Waals surface area contributed by atoms with E-state index in [9.17, 15) is 14.9 Å². The molecule has 6 nitrogen and oxygen atoms in total. The van der Waals surface area contributed by atoms with Crippen molar-refractivity contribution in [1.29, 1.82) is 0 Å². The Kier molecular flexibility index (Phi) is 4.41. The third-order valence-corrected chi connectivity index (χ3v) is 2.57. The van der Waals surface area contributed by atoms with Crippen LogP contribution in [0.3, 0.4) is 0 Å². The first-order chi connectivity index (χ1) is 9.66. The second kappa shape index (κ2) is 6.44. The van der Waals surface area contributed by atoms with Crippen LogP contribution < -0.4 is 5.48 Å². The summed E-state index contributed by atoms with van der Waals surface area (Å²) in [6.45, 7) is 0.224. The highest BCUT2D eigenvalue weighted by atomic mass is 16.7. The van der Waals surface area contributed by atoms with Crippen molar-refractivity contribution in [2.75, 3.05) is 0 Å². The number of rotatable bonds is 5. The van der Waals surface area contributed by atoms with Crippen molar-refractivity contribution >= 4 is 11.6 Å². The van der Waals surface area contributed by atoms with Crippen LogP contribution in [0.5, 0.6) is 0 Å². The van der Waals surface area contributed by atoms with Crippen molar-refractivity contribution in [3.63, 3.8) is 0 Å². The monoisotopic (exact) mass is 272 g/mol. The third kappa shape index (κ3) is 3.63. The van der Waals surface area contributed by atoms with Crippen molar-refractivity contribution in [2.24, 2.45) is 0 Å². The lowest BCUT2D eigenvalue weighted by Gasteiger charge is -2.05. The Balaban J connectivity index is 1.92. The van der Waals surface area contributed by atoms with Gasteiger partial charge in [0.2, 0.25) is 0 Å². The number of carbonyl (C=O) groups is 1. The average molecular weight is 272 g/mol. The quantitative estimate of drug-likeness (QED) is 0.669. The Morgan fingerprint density at radius 1 is 1.15 bits per heavy atom. The van der Waals surface area contributed by atoms with Gasteiger partial charge >= 0.3 is 0 Å². The smallest absolute Gasteiger partial charge is 0.269 e. The fourth-order valence-electron chi connectivity index (χ4n) is 1.58. The molecule has 102 valence electrons. The van der Waals surface area contributed by atoms with Gasteiger partial charge in [0.1, 0.15) is 0 Å². The van der Waals surface area contributed by atoms with Crippen molar-refractivity contribution in [1.82, 2.24) is 5.48 Å². The summed E-state index contributed by atoms with van der Waals surface area (Å²) in [5, 5.41) is 10.6. The molecule has 1 N–H and O–H groups in total. The predicted octanol–water partition coefficient (Wildman–Crippen LogP) is 2.46. The van der Waals surface area contributed by atoms with Gasteiger partial charge in [-0.25, -0.2) is 5.48 Å². The van der Waals surface area contributed by atoms with Gasteiger partial charge in [-0.1, -0.05) is 36.4 Å². The van der Waals surface area contributed by atoms with Crippen molar-refractivity contribution < 1.29 is 14.6 Å². The first-order valence-electron chi connectivity index (χ1n) is 5.87. The molecule has 0 unspecified atom stereocenters. The number of amides is 1. The van der Waals surface area contributed by atoms with E-state index in [0.717, 1.165) is 5.56 Å². The van der Waals surface area contributed by atoms with Crippen LogP contribution in [0.2, 0.25) is 0 Å². The number of nitro groups is 1. The lowest BCUT2D eigenvalue weighted by molar-refractivity contribution is -0.384. The summed E-state index contributed by atoms with van der Waals surface area (Å²) in [6, 6.07) is 14.8. The maximum absolute atomic E-state index is 11.8. The molecule has 0 aromatic heterocycles. The predicted molar refractivity (Wildman–Crippen MR) is 71.8 cm³/mol. The number of nitrogens with one attached hydrogen (secondary N) is 1. The van der Waals surface area contributed by atoms with E-state index in [-0.39, 0.29) is 17.9 Å². The van der Waals surface area contributed by atoms with Gasteiger partial charge in [0, 0.05) is 17.7 Å². The molecular weight excluding hydrogens is 260 g/mol. The van der Waals surface area contributed by atoms with E-state index in [2.05, 4.69) is 5.48 Å². The lowest BCUT2D eigenvalue weighted by Crippen LogP contribution is -2.23. The molecule has 0 aliphatic heterocycles. The molecule has 6 heteroatoms. The molecule has 0 saturated heterocycles. The summed E-state index contributed by atoms with van der Waals surface area (Å²) in [7, 11) is 0. The number of nitrogens with zero attached hydrogens (tertiary/aromatic N) is 1. The Morgan fingerprint density at radius 2 is 1.90 bits per heavy atom. The normalized spacial score (nSPS) is 10.0. The van der Waals surface area contributed by atoms with Crippen LogP contribution in [0.1, 0.15) is 15.9 Å². The molecule has 0 radical (unpaired) electrons. The second-order valence-corrected chi connectivity index (χ2v) is 4.01. The topological polar surface area (TPSA) is 81.5 Å². The number of hydrogen-bond donors (Lipinski definition) is 1. The number of carbonyl (C=O) groups excluding carboxylic acids is 1. The molecule has 0 bridgehead atoms. The van der Waals surface area contributed by atoms with Crippen LogP contribution >= 0.6 is 0 Å². The van der Waals surface area contributed by atoms with Crippen molar-refractivity contribution in [3.05, 3.63) is 75.8 Å². The minimum Gasteiger partial charge on any atom is -0.269 e. The van der Waals surface area contributed by atoms with E-state index in [0.29, 0.717) is 0 Å². The highest BCUT2D eigenvalue weighted by Crippen LogP contribution is 2.12. The summed E-state index contributed by atoms with van der Waals surface area (Å²) >= 11 is 0. The number of non-ortho nitro benzene ring substituents is 1. The SMILES string of the molecule is O=C(NOCc1ccccc1)c1cccc([N+](=O)[O-])c1. The summed E-state index contributed by atoms with van der Waals surface area (Å²) in [5.41, 5.74) is 3.20. The Hall–Kier alpha value is -2.73. The molecule has 0 spiro atoms. The molecule has 0 aliphatic rings. The molecule has 2 aromatic carbocycles. The molecule has 2 rings (SSSR count). The number of benzene rings is 2. The first kappa shape index (κ1) is 13.7. The molecule has 20 heavy (non-hydrogen) atoms. The highest BCUT2D eigenvalue weighted by molar-refractivity contribution is 5.94. The fourth-order valence-corrected chi connectivity index (χ4v) is 1.58. The van der Waals surface area contributed by atoms with Crippen LogP contribution in [0.25, 0.3) is 0 Å². The summed E-state index contributed by atoms with van der Waals surface area (Å²) in [5.74, 6) is -0.523. The molecule has 1 amide bonds. The van der Waals surface area contributed by atoms with E-state index in [1.807, 2.05) is 30.3 Å². The molecule has 0 aliphatic carbocycles. The van der Waals surface area contributed by atoms with Crippen LogP contribution in [0.4, 0.5) is 5.69 Å². The lowest BCUT2D eigenvalue weighted by atomic mass is 10.2. The van der Waals surface area contributed by atoms with Gasteiger partial charge in [-0.2, -0.15) is 0 Å². The second-order valence-electron chi connectivity index (χ2n) is 4.01.